The van der Waals surface area contributed by atoms with Gasteiger partial charge < -0.3 is 0 Å². The molecular weight excluding hydrogens is 215 g/mol. The molecule has 0 spiro atoms. The Kier molecular flexibility index (Phi) is 87.1. The van der Waals surface area contributed by atoms with Gasteiger partial charge in [0.1, 0.15) is 0 Å². The summed E-state index contributed by atoms with van der Waals surface area (Å²) in [5, 5.41) is 2.01. The van der Waals surface area contributed by atoms with Crippen LogP contribution in [0.3, 0.4) is 0 Å². The van der Waals surface area contributed by atoms with Crippen LogP contribution in [0.5, 0.6) is 0 Å². The molecule has 0 saturated heterocycles. The van der Waals surface area contributed by atoms with Crippen molar-refractivity contribution in [1.82, 2.24) is 0 Å². The normalized spacial score (nSPS) is 1.25. The molecule has 27 valence electrons. The molecule has 0 aromatic heterocycles. The third kappa shape index (κ3) is 9.09. The second-order valence-electron chi connectivity index (χ2n) is 0. The van der Waals surface area contributed by atoms with E-state index in [9.17, 15) is 0 Å². The maximum Gasteiger partial charge on any atom is 0 e. The van der Waals surface area contributed by atoms with Crippen molar-refractivity contribution in [2.24, 2.45) is 0 Å². The van der Waals surface area contributed by atoms with Crippen LogP contribution in [0.25, 0.3) is 0 Å². The summed E-state index contributed by atoms with van der Waals surface area (Å²) >= 11 is 1.95. The summed E-state index contributed by atoms with van der Waals surface area (Å²) in [6.07, 6.45) is 0. The van der Waals surface area contributed by atoms with Gasteiger partial charge in [0.2, 0.25) is 0 Å². The first kappa shape index (κ1) is 16.9. The van der Waals surface area contributed by atoms with Crippen LogP contribution < -0.4 is 0 Å². The first-order valence-electron chi connectivity index (χ1n) is 0.408. The first-order chi connectivity index (χ1) is 1.00. The maximum absolute atomic E-state index is 2.01. The van der Waals surface area contributed by atoms with Gasteiger partial charge in [0.15, 0.2) is 0 Å². The molecule has 0 aliphatic heterocycles. The fraction of sp³-hybridized carbons (Fsp3) is 1.00. The van der Waals surface area contributed by atoms with E-state index in [-0.39, 0.29) is 38.2 Å². The Labute approximate surface area is 62.8 Å². The maximum atomic E-state index is 2.01. The van der Waals surface area contributed by atoms with Gasteiger partial charge in [-0.25, -0.2) is 0 Å². The Morgan fingerprint density at radius 1 is 1.25 bits per heavy atom. The monoisotopic (exact) mass is 219 g/mol. The first-order valence-corrected chi connectivity index (χ1v) is 2.42. The van der Waals surface area contributed by atoms with Crippen LogP contribution in [-0.4, -0.2) is 0 Å². The average molecular weight is 218 g/mol. The molecule has 0 rings (SSSR count). The smallest absolute Gasteiger partial charge is 0 e. The molecule has 0 fully saturated rings. The fourth-order valence-corrected chi connectivity index (χ4v) is 0. The Bertz CT molecular complexity index is 8.00. The minimum absolute atomic E-state index is 0. The van der Waals surface area contributed by atoms with Crippen molar-refractivity contribution >= 4 is 0 Å². The van der Waals surface area contributed by atoms with Gasteiger partial charge in [-0.15, -0.1) is 0 Å². The summed E-state index contributed by atoms with van der Waals surface area (Å²) in [4.78, 5) is 0. The molecule has 0 nitrogen and oxygen atoms in total. The molecule has 0 N–H and O–H groups in total. The van der Waals surface area contributed by atoms with Crippen LogP contribution in [0.15, 0.2) is 0 Å². The van der Waals surface area contributed by atoms with Crippen LogP contribution in [0, 0.1) is 0 Å². The van der Waals surface area contributed by atoms with E-state index in [1.807, 2.05) is 25.1 Å². The van der Waals surface area contributed by atoms with Crippen LogP contribution in [0.1, 0.15) is 0 Å². The Balaban J connectivity index is -0.00000000500. The van der Waals surface area contributed by atoms with Gasteiger partial charge in [0, 0.05) is 38.2 Å². The molecule has 0 bridgehead atoms. The van der Waals surface area contributed by atoms with E-state index in [0.29, 0.717) is 0 Å². The second-order valence-corrected chi connectivity index (χ2v) is 0. The molecule has 0 aromatic rings. The third-order valence-corrected chi connectivity index (χ3v) is 0. The van der Waals surface area contributed by atoms with Crippen LogP contribution in [-0.2, 0) is 58.0 Å². The average Bonchev–Trinajstić information content (AvgIpc) is 1.00. The molecule has 0 aromatic carbocycles. The molecule has 4 heavy (non-hydrogen) atoms. The Hall–Kier alpha value is 1.90. The van der Waals surface area contributed by atoms with Gasteiger partial charge in [-0.2, -0.15) is 0 Å². The zero-order valence-electron chi connectivity index (χ0n) is 2.22. The summed E-state index contributed by atoms with van der Waals surface area (Å²) in [6, 6.07) is 0. The topological polar surface area (TPSA) is 0 Å². The van der Waals surface area contributed by atoms with Gasteiger partial charge in [-0.3, -0.25) is 0 Å². The van der Waals surface area contributed by atoms with E-state index in [1.54, 1.807) is 0 Å². The minimum atomic E-state index is 0. The summed E-state index contributed by atoms with van der Waals surface area (Å²) in [5.74, 6) is 0. The van der Waals surface area contributed by atoms with E-state index in [1.165, 1.54) is 0 Å². The Morgan fingerprint density at radius 2 is 1.25 bits per heavy atom. The predicted octanol–water partition coefficient (Wildman–Crippen LogP) is 0.576. The van der Waals surface area contributed by atoms with E-state index < -0.39 is 0 Å². The molecule has 0 heterocycles. The molecule has 3 heteroatoms. The predicted molar refractivity (Wildman–Crippen MR) is 5.86 cm³/mol. The van der Waals surface area contributed by atoms with Crippen molar-refractivity contribution in [3.05, 3.63) is 0 Å². The van der Waals surface area contributed by atoms with Crippen molar-refractivity contribution in [2.45, 2.75) is 5.31 Å². The van der Waals surface area contributed by atoms with Crippen LogP contribution in [0.2, 0.25) is 5.31 Å². The molecule has 0 saturated carbocycles. The standard InChI is InChI=1S/CH3.Mo.Ni.Ti/h1H3;;;. The second kappa shape index (κ2) is 20.7. The van der Waals surface area contributed by atoms with E-state index in [0.717, 1.165) is 0 Å². The van der Waals surface area contributed by atoms with Crippen molar-refractivity contribution < 1.29 is 58.0 Å². The third-order valence-electron chi connectivity index (χ3n) is 0. The largest absolute Gasteiger partial charge is 0 e. The molecular formula is CH3MoNiTi. The Morgan fingerprint density at radius 3 is 1.25 bits per heavy atom. The number of hydrogen-bond acceptors (Lipinski definition) is 0. The summed E-state index contributed by atoms with van der Waals surface area (Å²) in [5.41, 5.74) is 0. The molecule has 0 amide bonds. The van der Waals surface area contributed by atoms with Crippen molar-refractivity contribution in [3.8, 4) is 0 Å². The van der Waals surface area contributed by atoms with Crippen LogP contribution >= 0.6 is 0 Å². The van der Waals surface area contributed by atoms with Gasteiger partial charge in [0.25, 0.3) is 0 Å². The quantitative estimate of drug-likeness (QED) is 0.521. The molecule has 0 aliphatic carbocycles. The van der Waals surface area contributed by atoms with Crippen molar-refractivity contribution in [2.75, 3.05) is 0 Å². The van der Waals surface area contributed by atoms with Gasteiger partial charge >= 0.3 is 25.1 Å². The SMILES string of the molecule is [CH3][Mo].[Ni].[Ti]. The van der Waals surface area contributed by atoms with Gasteiger partial charge in [-0.1, -0.05) is 0 Å². The van der Waals surface area contributed by atoms with Gasteiger partial charge in [-0.05, 0) is 0 Å². The summed E-state index contributed by atoms with van der Waals surface area (Å²) < 4.78 is 0. The molecule has 0 aliphatic rings. The van der Waals surface area contributed by atoms with Gasteiger partial charge in [0.05, 0.1) is 0 Å². The van der Waals surface area contributed by atoms with E-state index in [4.69, 9.17) is 0 Å². The fourth-order valence-electron chi connectivity index (χ4n) is 0. The van der Waals surface area contributed by atoms with E-state index in [2.05, 4.69) is 0 Å². The number of hydrogen-bond donors (Lipinski definition) is 0. The summed E-state index contributed by atoms with van der Waals surface area (Å²) in [7, 11) is 0. The zero-order chi connectivity index (χ0) is 2.00. The van der Waals surface area contributed by atoms with Crippen molar-refractivity contribution in [3.63, 3.8) is 0 Å². The van der Waals surface area contributed by atoms with Crippen LogP contribution in [0.4, 0.5) is 0 Å². The minimum Gasteiger partial charge on any atom is 0 e. The van der Waals surface area contributed by atoms with Crippen molar-refractivity contribution in [1.29, 1.82) is 0 Å². The number of rotatable bonds is 0. The summed E-state index contributed by atoms with van der Waals surface area (Å²) in [6.45, 7) is 0. The van der Waals surface area contributed by atoms with E-state index >= 15 is 0 Å². The molecule has 0 atom stereocenters. The molecule has 0 unspecified atom stereocenters. The zero-order valence-corrected chi connectivity index (χ0v) is 6.78. The molecule has 0 radical (unpaired) electrons.